The smallest absolute Gasteiger partial charge is 0.207 e. The van der Waals surface area contributed by atoms with Crippen LogP contribution >= 0.6 is 0 Å². The van der Waals surface area contributed by atoms with Gasteiger partial charge in [0.05, 0.1) is 4.90 Å². The molecule has 0 N–H and O–H groups in total. The van der Waals surface area contributed by atoms with E-state index in [0.717, 1.165) is 23.1 Å². The monoisotopic (exact) mass is 295 g/mol. The lowest BCUT2D eigenvalue weighted by Gasteiger charge is -2.34. The van der Waals surface area contributed by atoms with E-state index in [-0.39, 0.29) is 0 Å². The standard InChI is InChI=1S/C16H25NO2S/c1-11-7-14(4)16(15(5)8-11)20(18,19)17-9-12(2)6-13(3)10-17/h7-8,12-13H,6,9-10H2,1-5H3/t12-,13-/m1/s1. The van der Waals surface area contributed by atoms with Crippen molar-refractivity contribution < 1.29 is 8.42 Å². The Morgan fingerprint density at radius 1 is 1.00 bits per heavy atom. The molecule has 0 aliphatic carbocycles. The van der Waals surface area contributed by atoms with Crippen LogP contribution in [0.2, 0.25) is 0 Å². The SMILES string of the molecule is Cc1cc(C)c(S(=O)(=O)N2C[C@H](C)C[C@@H](C)C2)c(C)c1. The molecular weight excluding hydrogens is 270 g/mol. The fraction of sp³-hybridized carbons (Fsp3) is 0.625. The highest BCUT2D eigenvalue weighted by Crippen LogP contribution is 2.30. The number of sulfonamides is 1. The predicted molar refractivity (Wildman–Crippen MR) is 82.4 cm³/mol. The second kappa shape index (κ2) is 5.49. The first-order valence-corrected chi connectivity index (χ1v) is 8.73. The summed E-state index contributed by atoms with van der Waals surface area (Å²) in [7, 11) is -3.37. The maximum Gasteiger partial charge on any atom is 0.243 e. The summed E-state index contributed by atoms with van der Waals surface area (Å²) in [5.41, 5.74) is 2.82. The molecule has 1 aliphatic heterocycles. The quantitative estimate of drug-likeness (QED) is 0.839. The molecule has 3 nitrogen and oxygen atoms in total. The predicted octanol–water partition coefficient (Wildman–Crippen LogP) is 3.28. The fourth-order valence-corrected chi connectivity index (χ4v) is 5.60. The number of nitrogens with zero attached hydrogens (tertiary/aromatic N) is 1. The molecule has 1 fully saturated rings. The van der Waals surface area contributed by atoms with Crippen molar-refractivity contribution >= 4 is 10.0 Å². The molecule has 2 rings (SSSR count). The van der Waals surface area contributed by atoms with E-state index in [1.165, 1.54) is 0 Å². The summed E-state index contributed by atoms with van der Waals surface area (Å²) in [5, 5.41) is 0. The highest BCUT2D eigenvalue weighted by Gasteiger charge is 2.33. The Labute approximate surface area is 123 Å². The average molecular weight is 295 g/mol. The Hall–Kier alpha value is -0.870. The zero-order chi connectivity index (χ0) is 15.1. The largest absolute Gasteiger partial charge is 0.243 e. The number of aryl methyl sites for hydroxylation is 3. The molecule has 2 atom stereocenters. The summed E-state index contributed by atoms with van der Waals surface area (Å²) < 4.78 is 27.6. The molecule has 1 heterocycles. The molecule has 4 heteroatoms. The number of benzene rings is 1. The van der Waals surface area contributed by atoms with Crippen LogP contribution in [0.3, 0.4) is 0 Å². The molecule has 0 bridgehead atoms. The molecule has 20 heavy (non-hydrogen) atoms. The van der Waals surface area contributed by atoms with Crippen LogP contribution in [0.15, 0.2) is 17.0 Å². The number of hydrogen-bond donors (Lipinski definition) is 0. The van der Waals surface area contributed by atoms with Gasteiger partial charge in [0.15, 0.2) is 0 Å². The van der Waals surface area contributed by atoms with Gasteiger partial charge in [0.1, 0.15) is 0 Å². The molecule has 0 aromatic heterocycles. The van der Waals surface area contributed by atoms with Gasteiger partial charge in [0.25, 0.3) is 0 Å². The van der Waals surface area contributed by atoms with E-state index in [9.17, 15) is 8.42 Å². The Bertz CT molecular complexity index is 574. The highest BCUT2D eigenvalue weighted by atomic mass is 32.2. The van der Waals surface area contributed by atoms with Crippen molar-refractivity contribution in [3.8, 4) is 0 Å². The van der Waals surface area contributed by atoms with Gasteiger partial charge in [-0.3, -0.25) is 0 Å². The maximum absolute atomic E-state index is 13.0. The summed E-state index contributed by atoms with van der Waals surface area (Å²) in [5.74, 6) is 0.860. The zero-order valence-electron chi connectivity index (χ0n) is 13.1. The van der Waals surface area contributed by atoms with E-state index in [1.807, 2.05) is 32.9 Å². The van der Waals surface area contributed by atoms with E-state index >= 15 is 0 Å². The Morgan fingerprint density at radius 3 is 1.90 bits per heavy atom. The van der Waals surface area contributed by atoms with Gasteiger partial charge in [-0.1, -0.05) is 31.5 Å². The summed E-state index contributed by atoms with van der Waals surface area (Å²) >= 11 is 0. The lowest BCUT2D eigenvalue weighted by molar-refractivity contribution is 0.222. The van der Waals surface area contributed by atoms with Gasteiger partial charge in [-0.2, -0.15) is 4.31 Å². The summed E-state index contributed by atoms with van der Waals surface area (Å²) in [4.78, 5) is 0.504. The molecular formula is C16H25NO2S. The summed E-state index contributed by atoms with van der Waals surface area (Å²) in [6.07, 6.45) is 1.11. The third kappa shape index (κ3) is 2.91. The van der Waals surface area contributed by atoms with E-state index in [4.69, 9.17) is 0 Å². The molecule has 1 aromatic rings. The van der Waals surface area contributed by atoms with E-state index < -0.39 is 10.0 Å². The van der Waals surface area contributed by atoms with Crippen molar-refractivity contribution in [1.82, 2.24) is 4.31 Å². The third-order valence-corrected chi connectivity index (χ3v) is 6.18. The molecule has 1 aromatic carbocycles. The van der Waals surface area contributed by atoms with Crippen molar-refractivity contribution in [1.29, 1.82) is 0 Å². The molecule has 0 radical (unpaired) electrons. The van der Waals surface area contributed by atoms with E-state index in [2.05, 4.69) is 13.8 Å². The first-order valence-electron chi connectivity index (χ1n) is 7.29. The molecule has 0 unspecified atom stereocenters. The van der Waals surface area contributed by atoms with Crippen molar-refractivity contribution in [2.45, 2.75) is 45.9 Å². The molecule has 0 spiro atoms. The van der Waals surface area contributed by atoms with Gasteiger partial charge in [-0.15, -0.1) is 0 Å². The second-order valence-electron chi connectivity index (χ2n) is 6.50. The Kier molecular flexibility index (Phi) is 4.26. The molecule has 1 aliphatic rings. The lowest BCUT2D eigenvalue weighted by atomic mass is 9.94. The van der Waals surface area contributed by atoms with Crippen molar-refractivity contribution in [2.24, 2.45) is 11.8 Å². The van der Waals surface area contributed by atoms with Crippen molar-refractivity contribution in [3.63, 3.8) is 0 Å². The Morgan fingerprint density at radius 2 is 1.45 bits per heavy atom. The minimum Gasteiger partial charge on any atom is -0.207 e. The second-order valence-corrected chi connectivity index (χ2v) is 8.37. The normalized spacial score (nSPS) is 24.9. The van der Waals surface area contributed by atoms with Gasteiger partial charge >= 0.3 is 0 Å². The molecule has 1 saturated heterocycles. The van der Waals surface area contributed by atoms with Crippen molar-refractivity contribution in [2.75, 3.05) is 13.1 Å². The number of piperidine rings is 1. The minimum absolute atomic E-state index is 0.430. The van der Waals surface area contributed by atoms with Crippen LogP contribution in [0.5, 0.6) is 0 Å². The first-order chi connectivity index (χ1) is 9.21. The third-order valence-electron chi connectivity index (χ3n) is 4.04. The average Bonchev–Trinajstić information content (AvgIpc) is 2.25. The van der Waals surface area contributed by atoms with Crippen LogP contribution in [0.25, 0.3) is 0 Å². The van der Waals surface area contributed by atoms with Crippen LogP contribution in [-0.4, -0.2) is 25.8 Å². The fourth-order valence-electron chi connectivity index (χ4n) is 3.50. The van der Waals surface area contributed by atoms with Gasteiger partial charge < -0.3 is 0 Å². The van der Waals surface area contributed by atoms with Crippen LogP contribution in [0, 0.1) is 32.6 Å². The van der Waals surface area contributed by atoms with E-state index in [1.54, 1.807) is 4.31 Å². The highest BCUT2D eigenvalue weighted by molar-refractivity contribution is 7.89. The van der Waals surface area contributed by atoms with Crippen LogP contribution in [0.1, 0.15) is 37.0 Å². The maximum atomic E-state index is 13.0. The molecule has 112 valence electrons. The minimum atomic E-state index is -3.37. The van der Waals surface area contributed by atoms with Gasteiger partial charge in [0.2, 0.25) is 10.0 Å². The topological polar surface area (TPSA) is 37.4 Å². The summed E-state index contributed by atoms with van der Waals surface area (Å²) in [6.45, 7) is 11.3. The summed E-state index contributed by atoms with van der Waals surface area (Å²) in [6, 6.07) is 3.91. The zero-order valence-corrected chi connectivity index (χ0v) is 13.9. The van der Waals surface area contributed by atoms with E-state index in [0.29, 0.717) is 29.8 Å². The lowest BCUT2D eigenvalue weighted by Crippen LogP contribution is -2.42. The van der Waals surface area contributed by atoms with Crippen molar-refractivity contribution in [3.05, 3.63) is 28.8 Å². The van der Waals surface area contributed by atoms with Crippen LogP contribution in [-0.2, 0) is 10.0 Å². The number of rotatable bonds is 2. The van der Waals surface area contributed by atoms with Gasteiger partial charge in [0, 0.05) is 13.1 Å². The Balaban J connectivity index is 2.45. The van der Waals surface area contributed by atoms with Crippen LogP contribution < -0.4 is 0 Å². The first kappa shape index (κ1) is 15.5. The van der Waals surface area contributed by atoms with Gasteiger partial charge in [-0.05, 0) is 50.2 Å². The number of hydrogen-bond acceptors (Lipinski definition) is 2. The molecule has 0 amide bonds. The molecule has 0 saturated carbocycles. The van der Waals surface area contributed by atoms with Crippen LogP contribution in [0.4, 0.5) is 0 Å². The van der Waals surface area contributed by atoms with Gasteiger partial charge in [-0.25, -0.2) is 8.42 Å².